The molecule has 4 rings (SSSR count). The Hall–Kier alpha value is -1.74. The van der Waals surface area contributed by atoms with Crippen LogP contribution in [0.4, 0.5) is 20.7 Å². The number of carbonyl (C=O) groups excluding carboxylic acids is 1. The second-order valence-electron chi connectivity index (χ2n) is 9.47. The fraction of sp³-hybridized carbons (Fsp3) is 0.650. The number of halogens is 1. The molecule has 6 nitrogen and oxygen atoms in total. The molecule has 3 aliphatic rings. The number of fused-ring (bicyclic) bond motifs is 3. The minimum Gasteiger partial charge on any atom is -0.450 e. The summed E-state index contributed by atoms with van der Waals surface area (Å²) in [5, 5.41) is 0. The van der Waals surface area contributed by atoms with Crippen molar-refractivity contribution >= 4 is 42.9 Å². The molecule has 1 aromatic heterocycles. The minimum atomic E-state index is -1.25. The van der Waals surface area contributed by atoms with Crippen molar-refractivity contribution < 1.29 is 13.9 Å². The molecule has 1 aromatic rings. The molecule has 0 bridgehead atoms. The SMILES string of the molecule is C[Si](C)(C)CCOC(=O)N1CCN2c3ncc(F)cc3N(CC3CC3)C(=S)[C@H]2C1. The van der Waals surface area contributed by atoms with Crippen LogP contribution in [-0.2, 0) is 4.74 Å². The Morgan fingerprint density at radius 3 is 2.79 bits per heavy atom. The van der Waals surface area contributed by atoms with Crippen LogP contribution >= 0.6 is 12.2 Å². The second-order valence-corrected chi connectivity index (χ2v) is 15.5. The third kappa shape index (κ3) is 4.55. The van der Waals surface area contributed by atoms with Crippen LogP contribution in [0.2, 0.25) is 25.7 Å². The predicted molar refractivity (Wildman–Crippen MR) is 119 cm³/mol. The summed E-state index contributed by atoms with van der Waals surface area (Å²) in [5.74, 6) is 1.01. The largest absolute Gasteiger partial charge is 0.450 e. The van der Waals surface area contributed by atoms with Gasteiger partial charge in [0.1, 0.15) is 10.8 Å². The highest BCUT2D eigenvalue weighted by atomic mass is 32.1. The molecular formula is C20H29FN4O2SSi. The zero-order valence-corrected chi connectivity index (χ0v) is 19.2. The van der Waals surface area contributed by atoms with Crippen LogP contribution in [0.3, 0.4) is 0 Å². The number of hydrogen-bond donors (Lipinski definition) is 0. The van der Waals surface area contributed by atoms with E-state index < -0.39 is 8.07 Å². The third-order valence-electron chi connectivity index (χ3n) is 5.78. The Labute approximate surface area is 178 Å². The maximum atomic E-state index is 13.9. The van der Waals surface area contributed by atoms with Gasteiger partial charge in [-0.1, -0.05) is 31.9 Å². The molecule has 1 atom stereocenters. The fourth-order valence-electron chi connectivity index (χ4n) is 3.84. The van der Waals surface area contributed by atoms with E-state index in [4.69, 9.17) is 17.0 Å². The van der Waals surface area contributed by atoms with E-state index in [0.717, 1.165) is 29.1 Å². The molecular weight excluding hydrogens is 407 g/mol. The maximum absolute atomic E-state index is 13.9. The van der Waals surface area contributed by atoms with Gasteiger partial charge in [0, 0.05) is 33.8 Å². The average molecular weight is 437 g/mol. The monoisotopic (exact) mass is 436 g/mol. The molecule has 1 amide bonds. The summed E-state index contributed by atoms with van der Waals surface area (Å²) in [6, 6.07) is 2.36. The Bertz CT molecular complexity index is 814. The lowest BCUT2D eigenvalue weighted by Gasteiger charge is -2.48. The van der Waals surface area contributed by atoms with Crippen molar-refractivity contribution in [3.05, 3.63) is 18.1 Å². The fourth-order valence-corrected chi connectivity index (χ4v) is 4.93. The van der Waals surface area contributed by atoms with Gasteiger partial charge in [0.15, 0.2) is 5.82 Å². The topological polar surface area (TPSA) is 48.9 Å². The van der Waals surface area contributed by atoms with Crippen molar-refractivity contribution in [2.24, 2.45) is 5.92 Å². The van der Waals surface area contributed by atoms with Gasteiger partial charge in [0.05, 0.1) is 31.1 Å². The highest BCUT2D eigenvalue weighted by Crippen LogP contribution is 2.40. The first-order chi connectivity index (χ1) is 13.7. The highest BCUT2D eigenvalue weighted by Gasteiger charge is 2.42. The van der Waals surface area contributed by atoms with Gasteiger partial charge in [-0.05, 0) is 24.8 Å². The summed E-state index contributed by atoms with van der Waals surface area (Å²) in [4.78, 5) is 23.6. The maximum Gasteiger partial charge on any atom is 0.409 e. The number of rotatable bonds is 5. The van der Waals surface area contributed by atoms with Crippen molar-refractivity contribution in [2.45, 2.75) is 44.6 Å². The number of anilines is 2. The Morgan fingerprint density at radius 1 is 1.34 bits per heavy atom. The number of carbonyl (C=O) groups is 1. The van der Waals surface area contributed by atoms with E-state index in [1.807, 2.05) is 4.90 Å². The van der Waals surface area contributed by atoms with E-state index >= 15 is 0 Å². The normalized spacial score (nSPS) is 21.7. The van der Waals surface area contributed by atoms with Gasteiger partial charge in [-0.25, -0.2) is 14.2 Å². The van der Waals surface area contributed by atoms with Crippen molar-refractivity contribution in [1.29, 1.82) is 0 Å². The van der Waals surface area contributed by atoms with Crippen molar-refractivity contribution in [2.75, 3.05) is 42.6 Å². The van der Waals surface area contributed by atoms with E-state index in [2.05, 4.69) is 29.5 Å². The highest BCUT2D eigenvalue weighted by molar-refractivity contribution is 7.80. The minimum absolute atomic E-state index is 0.132. The molecule has 9 heteroatoms. The van der Waals surface area contributed by atoms with E-state index in [1.54, 1.807) is 4.90 Å². The van der Waals surface area contributed by atoms with Crippen molar-refractivity contribution in [3.63, 3.8) is 0 Å². The third-order valence-corrected chi connectivity index (χ3v) is 7.98. The number of hydrogen-bond acceptors (Lipinski definition) is 5. The van der Waals surface area contributed by atoms with Gasteiger partial charge in [-0.15, -0.1) is 0 Å². The van der Waals surface area contributed by atoms with Crippen LogP contribution in [-0.4, -0.2) is 67.9 Å². The van der Waals surface area contributed by atoms with Gasteiger partial charge in [-0.3, -0.25) is 0 Å². The number of aromatic nitrogens is 1. The van der Waals surface area contributed by atoms with E-state index in [-0.39, 0.29) is 18.0 Å². The second kappa shape index (κ2) is 7.83. The van der Waals surface area contributed by atoms with Crippen LogP contribution < -0.4 is 9.80 Å². The molecule has 1 saturated carbocycles. The summed E-state index contributed by atoms with van der Waals surface area (Å²) in [7, 11) is -1.25. The summed E-state index contributed by atoms with van der Waals surface area (Å²) >= 11 is 5.83. The quantitative estimate of drug-likeness (QED) is 0.518. The molecule has 2 aliphatic heterocycles. The lowest BCUT2D eigenvalue weighted by molar-refractivity contribution is 0.102. The summed E-state index contributed by atoms with van der Waals surface area (Å²) < 4.78 is 19.5. The molecule has 3 heterocycles. The molecule has 1 saturated heterocycles. The molecule has 0 radical (unpaired) electrons. The summed E-state index contributed by atoms with van der Waals surface area (Å²) in [6.07, 6.45) is 3.36. The first-order valence-electron chi connectivity index (χ1n) is 10.4. The number of thiocarbonyl (C=S) groups is 1. The van der Waals surface area contributed by atoms with Crippen molar-refractivity contribution in [3.8, 4) is 0 Å². The van der Waals surface area contributed by atoms with Gasteiger partial charge < -0.3 is 19.4 Å². The van der Waals surface area contributed by atoms with Gasteiger partial charge in [-0.2, -0.15) is 0 Å². The van der Waals surface area contributed by atoms with Crippen LogP contribution in [0.1, 0.15) is 12.8 Å². The van der Waals surface area contributed by atoms with Gasteiger partial charge in [0.2, 0.25) is 0 Å². The molecule has 0 aromatic carbocycles. The van der Waals surface area contributed by atoms with Crippen LogP contribution in [0.15, 0.2) is 12.3 Å². The summed E-state index contributed by atoms with van der Waals surface area (Å²) in [6.45, 7) is 9.70. The molecule has 2 fully saturated rings. The number of nitrogens with zero attached hydrogens (tertiary/aromatic N) is 4. The lowest BCUT2D eigenvalue weighted by atomic mass is 10.1. The molecule has 158 valence electrons. The van der Waals surface area contributed by atoms with Crippen LogP contribution in [0.25, 0.3) is 0 Å². The molecule has 29 heavy (non-hydrogen) atoms. The number of pyridine rings is 1. The number of piperazine rings is 1. The van der Waals surface area contributed by atoms with Crippen LogP contribution in [0, 0.1) is 11.7 Å². The van der Waals surface area contributed by atoms with Crippen LogP contribution in [0.5, 0.6) is 0 Å². The average Bonchev–Trinajstić information content (AvgIpc) is 3.47. The number of ether oxygens (including phenoxy) is 1. The Morgan fingerprint density at radius 2 is 2.10 bits per heavy atom. The van der Waals surface area contributed by atoms with E-state index in [0.29, 0.717) is 32.2 Å². The van der Waals surface area contributed by atoms with Gasteiger partial charge >= 0.3 is 6.09 Å². The first-order valence-corrected chi connectivity index (χ1v) is 14.5. The Kier molecular flexibility index (Phi) is 5.54. The predicted octanol–water partition coefficient (Wildman–Crippen LogP) is 3.74. The zero-order valence-electron chi connectivity index (χ0n) is 17.4. The zero-order chi connectivity index (χ0) is 20.8. The molecule has 0 spiro atoms. The van der Waals surface area contributed by atoms with E-state index in [9.17, 15) is 9.18 Å². The van der Waals surface area contributed by atoms with Crippen molar-refractivity contribution in [1.82, 2.24) is 9.88 Å². The first kappa shape index (κ1) is 20.5. The molecule has 0 unspecified atom stereocenters. The van der Waals surface area contributed by atoms with E-state index in [1.165, 1.54) is 25.1 Å². The lowest BCUT2D eigenvalue weighted by Crippen LogP contribution is -2.63. The Balaban J connectivity index is 1.49. The molecule has 1 aliphatic carbocycles. The smallest absolute Gasteiger partial charge is 0.409 e. The van der Waals surface area contributed by atoms with Gasteiger partial charge in [0.25, 0.3) is 0 Å². The molecule has 0 N–H and O–H groups in total. The number of amides is 1. The summed E-state index contributed by atoms with van der Waals surface area (Å²) in [5.41, 5.74) is 0.754. The standard InChI is InChI=1S/C20H29FN4O2SSi/c1-29(2,3)9-8-27-20(26)23-6-7-24-17(13-23)19(28)25(12-14-4-5-14)16-10-15(21)11-22-18(16)24/h10-11,14,17H,4-9,12-13H2,1-3H3/t17-/m1/s1.